The average molecular weight is 404 g/mol. The molecule has 1 N–H and O–H groups in total. The Labute approximate surface area is 163 Å². The van der Waals surface area contributed by atoms with Crippen molar-refractivity contribution in [2.45, 2.75) is 25.9 Å². The number of carbonyl (C=O) groups is 2. The van der Waals surface area contributed by atoms with Gasteiger partial charge in [0.25, 0.3) is 5.91 Å². The molecule has 28 heavy (non-hydrogen) atoms. The van der Waals surface area contributed by atoms with E-state index in [9.17, 15) is 22.4 Å². The highest BCUT2D eigenvalue weighted by Gasteiger charge is 2.36. The maximum absolute atomic E-state index is 13.3. The Morgan fingerprint density at radius 2 is 1.96 bits per heavy atom. The predicted molar refractivity (Wildman–Crippen MR) is 104 cm³/mol. The number of nitrogens with zero attached hydrogens (tertiary/aromatic N) is 1. The van der Waals surface area contributed by atoms with Crippen LogP contribution in [-0.4, -0.2) is 43.2 Å². The molecule has 0 saturated carbocycles. The molecule has 0 saturated heterocycles. The van der Waals surface area contributed by atoms with Crippen molar-refractivity contribution in [3.63, 3.8) is 0 Å². The first kappa shape index (κ1) is 20.0. The van der Waals surface area contributed by atoms with Crippen LogP contribution >= 0.6 is 0 Å². The van der Waals surface area contributed by atoms with Crippen molar-refractivity contribution < 1.29 is 22.4 Å². The highest BCUT2D eigenvalue weighted by atomic mass is 32.2. The number of anilines is 1. The van der Waals surface area contributed by atoms with E-state index in [1.807, 2.05) is 12.1 Å². The number of sulfone groups is 1. The van der Waals surface area contributed by atoms with Gasteiger partial charge in [-0.15, -0.1) is 0 Å². The molecule has 0 spiro atoms. The van der Waals surface area contributed by atoms with Crippen LogP contribution in [0.2, 0.25) is 0 Å². The molecule has 2 aromatic carbocycles. The van der Waals surface area contributed by atoms with Crippen LogP contribution in [0.15, 0.2) is 42.5 Å². The minimum Gasteiger partial charge on any atom is -0.324 e. The van der Waals surface area contributed by atoms with Crippen LogP contribution < -0.4 is 5.32 Å². The Bertz CT molecular complexity index is 1040. The van der Waals surface area contributed by atoms with Crippen molar-refractivity contribution in [1.82, 2.24) is 4.90 Å². The van der Waals surface area contributed by atoms with Crippen LogP contribution in [0.3, 0.4) is 0 Å². The van der Waals surface area contributed by atoms with Crippen molar-refractivity contribution in [2.75, 3.05) is 17.3 Å². The van der Waals surface area contributed by atoms with Crippen LogP contribution in [0, 0.1) is 12.7 Å². The van der Waals surface area contributed by atoms with Crippen LogP contribution in [-0.2, 0) is 21.2 Å². The van der Waals surface area contributed by atoms with Gasteiger partial charge < -0.3 is 10.2 Å². The monoisotopic (exact) mass is 404 g/mol. The quantitative estimate of drug-likeness (QED) is 0.802. The molecule has 0 bridgehead atoms. The Balaban J connectivity index is 1.87. The van der Waals surface area contributed by atoms with Gasteiger partial charge in [0, 0.05) is 24.1 Å². The fourth-order valence-electron chi connectivity index (χ4n) is 3.27. The van der Waals surface area contributed by atoms with Gasteiger partial charge in [-0.05, 0) is 48.7 Å². The number of halogens is 1. The number of amides is 2. The molecule has 0 fully saturated rings. The second-order valence-electron chi connectivity index (χ2n) is 6.97. The number of hydrogen-bond acceptors (Lipinski definition) is 4. The van der Waals surface area contributed by atoms with Gasteiger partial charge in [-0.2, -0.15) is 0 Å². The molecule has 148 valence electrons. The molecule has 2 aromatic rings. The molecule has 8 heteroatoms. The lowest BCUT2D eigenvalue weighted by Gasteiger charge is -2.27. The highest BCUT2D eigenvalue weighted by molar-refractivity contribution is 7.90. The topological polar surface area (TPSA) is 83.6 Å². The zero-order valence-corrected chi connectivity index (χ0v) is 16.4. The summed E-state index contributed by atoms with van der Waals surface area (Å²) in [6, 6.07) is 10.0. The van der Waals surface area contributed by atoms with Crippen molar-refractivity contribution in [2.24, 2.45) is 0 Å². The van der Waals surface area contributed by atoms with Crippen molar-refractivity contribution >= 4 is 27.3 Å². The Morgan fingerprint density at radius 3 is 2.61 bits per heavy atom. The summed E-state index contributed by atoms with van der Waals surface area (Å²) < 4.78 is 36.6. The van der Waals surface area contributed by atoms with Gasteiger partial charge in [-0.3, -0.25) is 9.59 Å². The number of rotatable bonds is 6. The second-order valence-corrected chi connectivity index (χ2v) is 9.23. The first-order valence-electron chi connectivity index (χ1n) is 8.79. The van der Waals surface area contributed by atoms with Crippen LogP contribution in [0.4, 0.5) is 10.1 Å². The zero-order valence-electron chi connectivity index (χ0n) is 15.6. The molecule has 0 aliphatic carbocycles. The third kappa shape index (κ3) is 4.39. The van der Waals surface area contributed by atoms with E-state index in [0.29, 0.717) is 16.8 Å². The van der Waals surface area contributed by atoms with Gasteiger partial charge in [-0.1, -0.05) is 18.2 Å². The van der Waals surface area contributed by atoms with Crippen LogP contribution in [0.5, 0.6) is 0 Å². The summed E-state index contributed by atoms with van der Waals surface area (Å²) in [5.41, 5.74) is 2.26. The third-order valence-corrected chi connectivity index (χ3v) is 5.71. The maximum Gasteiger partial charge on any atom is 0.255 e. The van der Waals surface area contributed by atoms with E-state index in [1.54, 1.807) is 19.1 Å². The maximum atomic E-state index is 13.3. The van der Waals surface area contributed by atoms with Gasteiger partial charge in [0.2, 0.25) is 5.91 Å². The van der Waals surface area contributed by atoms with Crippen LogP contribution in [0.1, 0.15) is 27.9 Å². The van der Waals surface area contributed by atoms with Gasteiger partial charge in [0.1, 0.15) is 21.7 Å². The summed E-state index contributed by atoms with van der Waals surface area (Å²) in [6.45, 7) is 1.89. The Kier molecular flexibility index (Phi) is 5.51. The van der Waals surface area contributed by atoms with E-state index in [2.05, 4.69) is 5.32 Å². The first-order chi connectivity index (χ1) is 13.2. The lowest BCUT2D eigenvalue weighted by atomic mass is 10.1. The summed E-state index contributed by atoms with van der Waals surface area (Å²) in [6.07, 6.45) is 1.07. The predicted octanol–water partition coefficient (Wildman–Crippen LogP) is 2.53. The minimum absolute atomic E-state index is 0.0232. The van der Waals surface area contributed by atoms with Gasteiger partial charge in [0.15, 0.2) is 0 Å². The lowest BCUT2D eigenvalue weighted by Crippen LogP contribution is -2.45. The van der Waals surface area contributed by atoms with E-state index >= 15 is 0 Å². The van der Waals surface area contributed by atoms with E-state index in [4.69, 9.17) is 0 Å². The normalized spacial score (nSPS) is 14.7. The van der Waals surface area contributed by atoms with E-state index in [-0.39, 0.29) is 24.6 Å². The van der Waals surface area contributed by atoms with Crippen LogP contribution in [0.25, 0.3) is 0 Å². The number of benzene rings is 2. The lowest BCUT2D eigenvalue weighted by molar-refractivity contribution is -0.120. The fourth-order valence-corrected chi connectivity index (χ4v) is 3.92. The summed E-state index contributed by atoms with van der Waals surface area (Å²) in [7, 11) is -3.32. The molecule has 0 unspecified atom stereocenters. The van der Waals surface area contributed by atoms with Gasteiger partial charge >= 0.3 is 0 Å². The SMILES string of the molecule is Cc1cc(F)ccc1NC(=O)[C@H](CCS(C)(=O)=O)N1Cc2ccccc2C1=O. The molecule has 1 aliphatic heterocycles. The highest BCUT2D eigenvalue weighted by Crippen LogP contribution is 2.27. The molecular formula is C20H21FN2O4S. The van der Waals surface area contributed by atoms with E-state index < -0.39 is 27.6 Å². The smallest absolute Gasteiger partial charge is 0.255 e. The van der Waals surface area contributed by atoms with Crippen molar-refractivity contribution in [3.05, 3.63) is 65.0 Å². The molecule has 6 nitrogen and oxygen atoms in total. The third-order valence-electron chi connectivity index (χ3n) is 4.74. The molecule has 1 aliphatic rings. The molecule has 1 heterocycles. The zero-order chi connectivity index (χ0) is 20.5. The Hall–Kier alpha value is -2.74. The number of carbonyl (C=O) groups excluding carboxylic acids is 2. The van der Waals surface area contributed by atoms with Crippen molar-refractivity contribution in [1.29, 1.82) is 0 Å². The fraction of sp³-hybridized carbons (Fsp3) is 0.300. The molecule has 1 atom stereocenters. The molecule has 0 aromatic heterocycles. The standard InChI is InChI=1S/C20H21FN2O4S/c1-13-11-15(21)7-8-17(13)22-19(24)18(9-10-28(2,26)27)23-12-14-5-3-4-6-16(14)20(23)25/h3-8,11,18H,9-10,12H2,1-2H3,(H,22,24)/t18-/m0/s1. The summed E-state index contributed by atoms with van der Waals surface area (Å²) >= 11 is 0. The number of aryl methyl sites for hydroxylation is 1. The number of nitrogens with one attached hydrogen (secondary N) is 1. The Morgan fingerprint density at radius 1 is 1.25 bits per heavy atom. The summed E-state index contributed by atoms with van der Waals surface area (Å²) in [5, 5.41) is 2.70. The van der Waals surface area contributed by atoms with Gasteiger partial charge in [-0.25, -0.2) is 12.8 Å². The molecule has 3 rings (SSSR count). The van der Waals surface area contributed by atoms with E-state index in [1.165, 1.54) is 23.1 Å². The second kappa shape index (κ2) is 7.71. The van der Waals surface area contributed by atoms with Crippen molar-refractivity contribution in [3.8, 4) is 0 Å². The summed E-state index contributed by atoms with van der Waals surface area (Å²) in [4.78, 5) is 27.1. The van der Waals surface area contributed by atoms with Gasteiger partial charge in [0.05, 0.1) is 5.75 Å². The largest absolute Gasteiger partial charge is 0.324 e. The first-order valence-corrected chi connectivity index (χ1v) is 10.9. The average Bonchev–Trinajstić information content (AvgIpc) is 2.94. The molecule has 0 radical (unpaired) electrons. The summed E-state index contributed by atoms with van der Waals surface area (Å²) in [5.74, 6) is -1.46. The van der Waals surface area contributed by atoms with E-state index in [0.717, 1.165) is 11.8 Å². The minimum atomic E-state index is -3.32. The molecule has 2 amide bonds. The molecular weight excluding hydrogens is 383 g/mol. The number of fused-ring (bicyclic) bond motifs is 1. The number of hydrogen-bond donors (Lipinski definition) is 1.